The smallest absolute Gasteiger partial charge is 0.321 e. The number of anilines is 1. The zero-order valence-electron chi connectivity index (χ0n) is 13.3. The van der Waals surface area contributed by atoms with Crippen molar-refractivity contribution >= 4 is 22.5 Å². The maximum Gasteiger partial charge on any atom is 0.321 e. The van der Waals surface area contributed by atoms with E-state index in [1.807, 2.05) is 6.07 Å². The van der Waals surface area contributed by atoms with Gasteiger partial charge >= 0.3 is 6.03 Å². The fourth-order valence-corrected chi connectivity index (χ4v) is 2.53. The van der Waals surface area contributed by atoms with Crippen LogP contribution in [0.1, 0.15) is 0 Å². The number of phenolic OH excluding ortho intramolecular Hbond substituents is 1. The predicted octanol–water partition coefficient (Wildman–Crippen LogP) is 2.99. The van der Waals surface area contributed by atoms with Crippen molar-refractivity contribution in [1.82, 2.24) is 9.88 Å². The Kier molecular flexibility index (Phi) is 3.95. The Morgan fingerprint density at radius 1 is 1.17 bits per heavy atom. The zero-order valence-corrected chi connectivity index (χ0v) is 13.3. The van der Waals surface area contributed by atoms with Crippen LogP contribution in [0.5, 0.6) is 5.75 Å². The minimum atomic E-state index is -0.262. The van der Waals surface area contributed by atoms with E-state index >= 15 is 0 Å². The van der Waals surface area contributed by atoms with E-state index < -0.39 is 0 Å². The van der Waals surface area contributed by atoms with Crippen molar-refractivity contribution in [3.63, 3.8) is 0 Å². The molecule has 3 aromatic rings. The molecule has 1 heterocycles. The predicted molar refractivity (Wildman–Crippen MR) is 94.4 cm³/mol. The monoisotopic (exact) mass is 323 g/mol. The van der Waals surface area contributed by atoms with Crippen LogP contribution in [0.15, 0.2) is 53.5 Å². The molecule has 2 amide bonds. The number of pyridine rings is 1. The minimum absolute atomic E-state index is 0.0383. The van der Waals surface area contributed by atoms with Gasteiger partial charge in [-0.2, -0.15) is 0 Å². The van der Waals surface area contributed by atoms with Gasteiger partial charge in [0.1, 0.15) is 5.75 Å². The lowest BCUT2D eigenvalue weighted by atomic mass is 10.00. The highest BCUT2D eigenvalue weighted by Crippen LogP contribution is 2.33. The fourth-order valence-electron chi connectivity index (χ4n) is 2.53. The highest BCUT2D eigenvalue weighted by atomic mass is 16.3. The van der Waals surface area contributed by atoms with Gasteiger partial charge in [0, 0.05) is 36.9 Å². The largest absolute Gasteiger partial charge is 0.507 e. The second kappa shape index (κ2) is 6.08. The number of H-pyrrole nitrogens is 1. The number of benzene rings is 2. The summed E-state index contributed by atoms with van der Waals surface area (Å²) in [6.07, 6.45) is 1.57. The van der Waals surface area contributed by atoms with Crippen molar-refractivity contribution in [1.29, 1.82) is 0 Å². The van der Waals surface area contributed by atoms with Gasteiger partial charge in [-0.05, 0) is 29.8 Å². The number of aromatic hydroxyl groups is 1. The van der Waals surface area contributed by atoms with E-state index in [9.17, 15) is 14.7 Å². The molecule has 0 spiro atoms. The standard InChI is InChI=1S/C18H17N3O3/c1-21(2)18(24)20-12-6-3-5-11(9-12)14-10-19-17(23)13-7-4-8-15(22)16(13)14/h3-10,22H,1-2H3,(H,19,23)(H,20,24). The maximum absolute atomic E-state index is 12.0. The topological polar surface area (TPSA) is 85.4 Å². The summed E-state index contributed by atoms with van der Waals surface area (Å²) in [5.74, 6) is 0.0383. The first kappa shape index (κ1) is 15.6. The third-order valence-electron chi connectivity index (χ3n) is 3.74. The lowest BCUT2D eigenvalue weighted by Gasteiger charge is -2.13. The van der Waals surface area contributed by atoms with Gasteiger partial charge in [0.2, 0.25) is 0 Å². The normalized spacial score (nSPS) is 10.6. The summed E-state index contributed by atoms with van der Waals surface area (Å²) in [4.78, 5) is 27.9. The summed E-state index contributed by atoms with van der Waals surface area (Å²) in [5, 5.41) is 13.9. The first-order valence-electron chi connectivity index (χ1n) is 7.39. The molecule has 1 aromatic heterocycles. The summed E-state index contributed by atoms with van der Waals surface area (Å²) in [6.45, 7) is 0. The van der Waals surface area contributed by atoms with E-state index in [2.05, 4.69) is 10.3 Å². The van der Waals surface area contributed by atoms with Crippen LogP contribution in [0.4, 0.5) is 10.5 Å². The van der Waals surface area contributed by atoms with Gasteiger partial charge in [-0.1, -0.05) is 18.2 Å². The second-order valence-corrected chi connectivity index (χ2v) is 5.64. The Morgan fingerprint density at radius 3 is 2.67 bits per heavy atom. The first-order chi connectivity index (χ1) is 11.5. The SMILES string of the molecule is CN(C)C(=O)Nc1cccc(-c2c[nH]c(=O)c3cccc(O)c23)c1. The molecule has 0 saturated carbocycles. The lowest BCUT2D eigenvalue weighted by Crippen LogP contribution is -2.27. The van der Waals surface area contributed by atoms with E-state index in [-0.39, 0.29) is 17.3 Å². The van der Waals surface area contributed by atoms with Crippen molar-refractivity contribution < 1.29 is 9.90 Å². The molecule has 0 radical (unpaired) electrons. The molecule has 0 aliphatic heterocycles. The quantitative estimate of drug-likeness (QED) is 0.678. The average Bonchev–Trinajstić information content (AvgIpc) is 2.56. The Balaban J connectivity index is 2.14. The number of amides is 2. The third-order valence-corrected chi connectivity index (χ3v) is 3.74. The van der Waals surface area contributed by atoms with Crippen LogP contribution in [0.25, 0.3) is 21.9 Å². The Bertz CT molecular complexity index is 977. The van der Waals surface area contributed by atoms with Gasteiger partial charge in [0.25, 0.3) is 5.56 Å². The number of fused-ring (bicyclic) bond motifs is 1. The van der Waals surface area contributed by atoms with Crippen molar-refractivity contribution in [2.45, 2.75) is 0 Å². The molecular weight excluding hydrogens is 306 g/mol. The summed E-state index contributed by atoms with van der Waals surface area (Å²) in [7, 11) is 3.32. The van der Waals surface area contributed by atoms with Gasteiger partial charge in [0.15, 0.2) is 0 Å². The summed E-state index contributed by atoms with van der Waals surface area (Å²) in [5.41, 5.74) is 1.82. The van der Waals surface area contributed by atoms with E-state index in [4.69, 9.17) is 0 Å². The third kappa shape index (κ3) is 2.81. The number of rotatable bonds is 2. The maximum atomic E-state index is 12.0. The molecule has 0 fully saturated rings. The number of nitrogens with one attached hydrogen (secondary N) is 2. The number of hydrogen-bond donors (Lipinski definition) is 3. The number of hydrogen-bond acceptors (Lipinski definition) is 3. The van der Waals surface area contributed by atoms with Crippen molar-refractivity contribution in [3.8, 4) is 16.9 Å². The van der Waals surface area contributed by atoms with Gasteiger partial charge in [-0.25, -0.2) is 4.79 Å². The molecule has 0 aliphatic rings. The van der Waals surface area contributed by atoms with E-state index in [0.717, 1.165) is 5.56 Å². The number of carbonyl (C=O) groups excluding carboxylic acids is 1. The Hall–Kier alpha value is -3.28. The molecule has 0 atom stereocenters. The van der Waals surface area contributed by atoms with Crippen molar-refractivity contribution in [2.24, 2.45) is 0 Å². The number of phenols is 1. The molecule has 0 unspecified atom stereocenters. The summed E-state index contributed by atoms with van der Waals surface area (Å²) < 4.78 is 0. The molecule has 122 valence electrons. The van der Waals surface area contributed by atoms with E-state index in [0.29, 0.717) is 22.0 Å². The van der Waals surface area contributed by atoms with Crippen LogP contribution in [0.2, 0.25) is 0 Å². The van der Waals surface area contributed by atoms with E-state index in [1.54, 1.807) is 56.7 Å². The Labute approximate surface area is 138 Å². The highest BCUT2D eigenvalue weighted by Gasteiger charge is 2.12. The molecule has 3 rings (SSSR count). The minimum Gasteiger partial charge on any atom is -0.507 e. The first-order valence-corrected chi connectivity index (χ1v) is 7.39. The van der Waals surface area contributed by atoms with Gasteiger partial charge in [-0.3, -0.25) is 4.79 Å². The van der Waals surface area contributed by atoms with Gasteiger partial charge < -0.3 is 20.3 Å². The van der Waals surface area contributed by atoms with Crippen LogP contribution in [-0.4, -0.2) is 35.1 Å². The van der Waals surface area contributed by atoms with E-state index in [1.165, 1.54) is 4.90 Å². The molecule has 0 aliphatic carbocycles. The van der Waals surface area contributed by atoms with Crippen LogP contribution >= 0.6 is 0 Å². The fraction of sp³-hybridized carbons (Fsp3) is 0.111. The molecule has 0 saturated heterocycles. The van der Waals surface area contributed by atoms with Gasteiger partial charge in [0.05, 0.1) is 5.39 Å². The van der Waals surface area contributed by atoms with Crippen molar-refractivity contribution in [3.05, 3.63) is 59.0 Å². The Morgan fingerprint density at radius 2 is 1.92 bits per heavy atom. The molecule has 6 heteroatoms. The number of carbonyl (C=O) groups is 1. The summed E-state index contributed by atoms with van der Waals surface area (Å²) >= 11 is 0. The second-order valence-electron chi connectivity index (χ2n) is 5.64. The van der Waals surface area contributed by atoms with Gasteiger partial charge in [-0.15, -0.1) is 0 Å². The highest BCUT2D eigenvalue weighted by molar-refractivity contribution is 6.00. The van der Waals surface area contributed by atoms with Crippen molar-refractivity contribution in [2.75, 3.05) is 19.4 Å². The van der Waals surface area contributed by atoms with Crippen LogP contribution < -0.4 is 10.9 Å². The molecule has 3 N–H and O–H groups in total. The number of nitrogens with zero attached hydrogens (tertiary/aromatic N) is 1. The number of aromatic nitrogens is 1. The van der Waals surface area contributed by atoms with Crippen LogP contribution in [0, 0.1) is 0 Å². The summed E-state index contributed by atoms with van der Waals surface area (Å²) in [6, 6.07) is 11.8. The molecule has 24 heavy (non-hydrogen) atoms. The molecule has 0 bridgehead atoms. The molecule has 6 nitrogen and oxygen atoms in total. The molecular formula is C18H17N3O3. The zero-order chi connectivity index (χ0) is 17.3. The average molecular weight is 323 g/mol. The number of aromatic amines is 1. The van der Waals surface area contributed by atoms with Crippen LogP contribution in [0.3, 0.4) is 0 Å². The number of urea groups is 1. The van der Waals surface area contributed by atoms with Crippen LogP contribution in [-0.2, 0) is 0 Å². The molecule has 2 aromatic carbocycles. The lowest BCUT2D eigenvalue weighted by molar-refractivity contribution is 0.230.